The summed E-state index contributed by atoms with van der Waals surface area (Å²) in [7, 11) is 0. The molecule has 0 aliphatic carbocycles. The standard InChI is InChI=1S/C19H27N5O4/c1-11(2)22-17(25)6-21-18(26)15-5-14(3-4-16(15)20)23-7-12-9-24(19(27)28)10-13(12)8-23/h3-5,11-13H,6-10,20H2,1-2H3,(H,21,26)(H,22,25)(H,27,28). The number of benzene rings is 1. The van der Waals surface area contributed by atoms with Gasteiger partial charge >= 0.3 is 6.09 Å². The van der Waals surface area contributed by atoms with Crippen LogP contribution < -0.4 is 21.3 Å². The van der Waals surface area contributed by atoms with Gasteiger partial charge in [0, 0.05) is 55.4 Å². The first kappa shape index (κ1) is 19.8. The van der Waals surface area contributed by atoms with Crippen LogP contribution >= 0.6 is 0 Å². The molecule has 5 N–H and O–H groups in total. The average molecular weight is 389 g/mol. The van der Waals surface area contributed by atoms with Crippen molar-refractivity contribution in [2.24, 2.45) is 11.8 Å². The number of anilines is 2. The molecule has 2 heterocycles. The summed E-state index contributed by atoms with van der Waals surface area (Å²) in [5, 5.41) is 14.5. The Labute approximate surface area is 163 Å². The average Bonchev–Trinajstić information content (AvgIpc) is 3.18. The number of fused-ring (bicyclic) bond motifs is 1. The summed E-state index contributed by atoms with van der Waals surface area (Å²) in [6, 6.07) is 5.30. The molecule has 3 rings (SSSR count). The van der Waals surface area contributed by atoms with Crippen LogP contribution in [-0.4, -0.2) is 66.7 Å². The molecule has 0 radical (unpaired) electrons. The van der Waals surface area contributed by atoms with Gasteiger partial charge < -0.3 is 31.3 Å². The van der Waals surface area contributed by atoms with E-state index in [1.165, 1.54) is 4.90 Å². The first-order valence-electron chi connectivity index (χ1n) is 9.44. The summed E-state index contributed by atoms with van der Waals surface area (Å²) in [6.45, 7) is 6.17. The number of carboxylic acid groups (broad SMARTS) is 1. The second-order valence-electron chi connectivity index (χ2n) is 7.79. The van der Waals surface area contributed by atoms with E-state index in [2.05, 4.69) is 15.5 Å². The predicted octanol–water partition coefficient (Wildman–Crippen LogP) is 0.569. The van der Waals surface area contributed by atoms with Crippen molar-refractivity contribution in [1.82, 2.24) is 15.5 Å². The zero-order valence-corrected chi connectivity index (χ0v) is 16.1. The van der Waals surface area contributed by atoms with Crippen molar-refractivity contribution in [1.29, 1.82) is 0 Å². The van der Waals surface area contributed by atoms with Crippen LogP contribution in [0.15, 0.2) is 18.2 Å². The molecule has 2 aliphatic heterocycles. The lowest BCUT2D eigenvalue weighted by Gasteiger charge is -2.23. The third-order valence-electron chi connectivity index (χ3n) is 5.26. The van der Waals surface area contributed by atoms with Crippen molar-refractivity contribution in [2.45, 2.75) is 19.9 Å². The molecule has 3 amide bonds. The molecule has 152 valence electrons. The molecular formula is C19H27N5O4. The third-order valence-corrected chi connectivity index (χ3v) is 5.26. The number of nitrogens with zero attached hydrogens (tertiary/aromatic N) is 2. The van der Waals surface area contributed by atoms with Gasteiger partial charge in [-0.3, -0.25) is 9.59 Å². The Morgan fingerprint density at radius 2 is 1.82 bits per heavy atom. The Balaban J connectivity index is 1.63. The Hall–Kier alpha value is -2.97. The fourth-order valence-electron chi connectivity index (χ4n) is 3.93. The lowest BCUT2D eigenvalue weighted by Crippen LogP contribution is -2.40. The second kappa shape index (κ2) is 7.95. The number of carbonyl (C=O) groups excluding carboxylic acids is 2. The lowest BCUT2D eigenvalue weighted by atomic mass is 10.0. The number of carbonyl (C=O) groups is 3. The van der Waals surface area contributed by atoms with Crippen molar-refractivity contribution in [3.05, 3.63) is 23.8 Å². The highest BCUT2D eigenvalue weighted by Gasteiger charge is 2.41. The highest BCUT2D eigenvalue weighted by Crippen LogP contribution is 2.34. The number of hydrogen-bond donors (Lipinski definition) is 4. The van der Waals surface area contributed by atoms with Gasteiger partial charge in [0.25, 0.3) is 5.91 Å². The minimum absolute atomic E-state index is 0.00414. The quantitative estimate of drug-likeness (QED) is 0.545. The first-order valence-corrected chi connectivity index (χ1v) is 9.44. The molecule has 0 saturated carbocycles. The third kappa shape index (κ3) is 4.29. The van der Waals surface area contributed by atoms with Crippen LogP contribution in [0.1, 0.15) is 24.2 Å². The maximum Gasteiger partial charge on any atom is 0.407 e. The van der Waals surface area contributed by atoms with Gasteiger partial charge in [-0.25, -0.2) is 4.79 Å². The van der Waals surface area contributed by atoms with Crippen molar-refractivity contribution in [2.75, 3.05) is 43.4 Å². The number of amides is 3. The monoisotopic (exact) mass is 389 g/mol. The van der Waals surface area contributed by atoms with Crippen LogP contribution in [0.2, 0.25) is 0 Å². The molecule has 2 saturated heterocycles. The highest BCUT2D eigenvalue weighted by atomic mass is 16.4. The maximum atomic E-state index is 12.5. The fourth-order valence-corrected chi connectivity index (χ4v) is 3.93. The summed E-state index contributed by atoms with van der Waals surface area (Å²) in [6.07, 6.45) is -0.867. The van der Waals surface area contributed by atoms with E-state index in [0.29, 0.717) is 36.2 Å². The molecule has 1 aromatic carbocycles. The van der Waals surface area contributed by atoms with E-state index in [0.717, 1.165) is 18.8 Å². The van der Waals surface area contributed by atoms with E-state index in [1.54, 1.807) is 12.1 Å². The molecule has 0 bridgehead atoms. The number of nitrogens with one attached hydrogen (secondary N) is 2. The zero-order valence-electron chi connectivity index (χ0n) is 16.1. The van der Waals surface area contributed by atoms with E-state index in [4.69, 9.17) is 10.8 Å². The summed E-state index contributed by atoms with van der Waals surface area (Å²) >= 11 is 0. The first-order chi connectivity index (χ1) is 13.2. The van der Waals surface area contributed by atoms with Gasteiger partial charge in [0.05, 0.1) is 12.1 Å². The van der Waals surface area contributed by atoms with E-state index in [-0.39, 0.29) is 18.5 Å². The Morgan fingerprint density at radius 1 is 1.18 bits per heavy atom. The van der Waals surface area contributed by atoms with Crippen molar-refractivity contribution >= 4 is 29.3 Å². The molecule has 0 spiro atoms. The van der Waals surface area contributed by atoms with E-state index in [1.807, 2.05) is 19.9 Å². The Kier molecular flexibility index (Phi) is 5.62. The Bertz CT molecular complexity index is 768. The van der Waals surface area contributed by atoms with Crippen LogP contribution in [0.3, 0.4) is 0 Å². The molecule has 28 heavy (non-hydrogen) atoms. The molecule has 2 aliphatic rings. The van der Waals surface area contributed by atoms with Crippen molar-refractivity contribution in [3.63, 3.8) is 0 Å². The van der Waals surface area contributed by atoms with Crippen molar-refractivity contribution < 1.29 is 19.5 Å². The summed E-state index contributed by atoms with van der Waals surface area (Å²) in [5.74, 6) is -0.0561. The SMILES string of the molecule is CC(C)NC(=O)CNC(=O)c1cc(N2CC3CN(C(=O)O)CC3C2)ccc1N. The molecule has 9 heteroatoms. The van der Waals surface area contributed by atoms with Crippen LogP contribution in [0, 0.1) is 11.8 Å². The van der Waals surface area contributed by atoms with Crippen molar-refractivity contribution in [3.8, 4) is 0 Å². The molecule has 2 unspecified atom stereocenters. The second-order valence-corrected chi connectivity index (χ2v) is 7.79. The summed E-state index contributed by atoms with van der Waals surface area (Å²) in [5.41, 5.74) is 7.53. The summed E-state index contributed by atoms with van der Waals surface area (Å²) < 4.78 is 0. The fraction of sp³-hybridized carbons (Fsp3) is 0.526. The van der Waals surface area contributed by atoms with Crippen LogP contribution in [0.25, 0.3) is 0 Å². The minimum Gasteiger partial charge on any atom is -0.465 e. The Morgan fingerprint density at radius 3 is 2.39 bits per heavy atom. The van der Waals surface area contributed by atoms with Gasteiger partial charge in [-0.2, -0.15) is 0 Å². The van der Waals surface area contributed by atoms with Gasteiger partial charge in [0.1, 0.15) is 0 Å². The van der Waals surface area contributed by atoms with Gasteiger partial charge in [-0.1, -0.05) is 0 Å². The maximum absolute atomic E-state index is 12.5. The smallest absolute Gasteiger partial charge is 0.407 e. The van der Waals surface area contributed by atoms with Gasteiger partial charge in [-0.15, -0.1) is 0 Å². The van der Waals surface area contributed by atoms with Crippen LogP contribution in [0.5, 0.6) is 0 Å². The molecule has 2 atom stereocenters. The number of nitrogen functional groups attached to an aromatic ring is 1. The minimum atomic E-state index is -0.867. The van der Waals surface area contributed by atoms with Gasteiger partial charge in [0.2, 0.25) is 5.91 Å². The van der Waals surface area contributed by atoms with E-state index < -0.39 is 12.0 Å². The molecule has 9 nitrogen and oxygen atoms in total. The number of rotatable bonds is 5. The molecule has 2 fully saturated rings. The van der Waals surface area contributed by atoms with Gasteiger partial charge in [0.15, 0.2) is 0 Å². The molecular weight excluding hydrogens is 362 g/mol. The molecule has 1 aromatic rings. The van der Waals surface area contributed by atoms with Crippen LogP contribution in [-0.2, 0) is 4.79 Å². The number of hydrogen-bond acceptors (Lipinski definition) is 5. The van der Waals surface area contributed by atoms with E-state index in [9.17, 15) is 14.4 Å². The largest absolute Gasteiger partial charge is 0.465 e. The number of nitrogens with two attached hydrogens (primary N) is 1. The molecule has 0 aromatic heterocycles. The predicted molar refractivity (Wildman–Crippen MR) is 105 cm³/mol. The zero-order chi connectivity index (χ0) is 20.4. The summed E-state index contributed by atoms with van der Waals surface area (Å²) in [4.78, 5) is 39.0. The topological polar surface area (TPSA) is 128 Å². The normalized spacial score (nSPS) is 21.0. The lowest BCUT2D eigenvalue weighted by molar-refractivity contribution is -0.120. The highest BCUT2D eigenvalue weighted by molar-refractivity contribution is 6.01. The number of likely N-dealkylation sites (tertiary alicyclic amines) is 1. The van der Waals surface area contributed by atoms with Gasteiger partial charge in [-0.05, 0) is 32.0 Å². The van der Waals surface area contributed by atoms with E-state index >= 15 is 0 Å². The van der Waals surface area contributed by atoms with Crippen LogP contribution in [0.4, 0.5) is 16.2 Å².